The van der Waals surface area contributed by atoms with E-state index in [0.717, 1.165) is 16.8 Å². The number of benzene rings is 1. The Morgan fingerprint density at radius 3 is 2.68 bits per heavy atom. The molecule has 0 aromatic heterocycles. The molecular formula is C17H20F3N3O2. The van der Waals surface area contributed by atoms with E-state index in [0.29, 0.717) is 13.0 Å². The predicted molar refractivity (Wildman–Crippen MR) is 85.9 cm³/mol. The second-order valence-corrected chi connectivity index (χ2v) is 6.60. The molecule has 1 aromatic carbocycles. The molecule has 1 saturated heterocycles. The maximum atomic E-state index is 12.7. The molecule has 1 fully saturated rings. The van der Waals surface area contributed by atoms with E-state index >= 15 is 0 Å². The third-order valence-corrected chi connectivity index (χ3v) is 4.74. The van der Waals surface area contributed by atoms with Crippen molar-refractivity contribution in [3.63, 3.8) is 0 Å². The summed E-state index contributed by atoms with van der Waals surface area (Å²) in [5.41, 5.74) is 2.94. The molecule has 2 aliphatic rings. The Balaban J connectivity index is 1.67. The van der Waals surface area contributed by atoms with Crippen molar-refractivity contribution in [2.24, 2.45) is 5.92 Å². The summed E-state index contributed by atoms with van der Waals surface area (Å²) in [6, 6.07) is 3.72. The summed E-state index contributed by atoms with van der Waals surface area (Å²) in [5, 5.41) is 8.00. The molecule has 8 heteroatoms. The lowest BCUT2D eigenvalue weighted by atomic mass is 9.91. The van der Waals surface area contributed by atoms with Crippen LogP contribution < -0.4 is 16.0 Å². The van der Waals surface area contributed by atoms with Crippen molar-refractivity contribution >= 4 is 17.5 Å². The number of aryl methyl sites for hydroxylation is 1. The summed E-state index contributed by atoms with van der Waals surface area (Å²) >= 11 is 0. The molecule has 3 atom stereocenters. The van der Waals surface area contributed by atoms with Gasteiger partial charge in [0, 0.05) is 12.2 Å². The minimum Gasteiger partial charge on any atom is -0.385 e. The van der Waals surface area contributed by atoms with E-state index in [1.165, 1.54) is 0 Å². The number of anilines is 1. The lowest BCUT2D eigenvalue weighted by Crippen LogP contribution is -2.54. The van der Waals surface area contributed by atoms with Crippen LogP contribution in [-0.4, -0.2) is 30.6 Å². The van der Waals surface area contributed by atoms with Crippen molar-refractivity contribution in [1.82, 2.24) is 10.6 Å². The second-order valence-electron chi connectivity index (χ2n) is 6.60. The smallest absolute Gasteiger partial charge is 0.385 e. The maximum Gasteiger partial charge on any atom is 0.408 e. The highest BCUT2D eigenvalue weighted by Gasteiger charge is 2.46. The summed E-state index contributed by atoms with van der Waals surface area (Å²) in [4.78, 5) is 24.4. The SMILES string of the molecule is Cc1ccc2c(c1)NCCC2NC(=O)C1CCC(C(F)(F)F)NC1=O. The molecule has 0 aliphatic carbocycles. The highest BCUT2D eigenvalue weighted by atomic mass is 19.4. The van der Waals surface area contributed by atoms with Crippen LogP contribution in [0.1, 0.15) is 36.4 Å². The number of carbonyl (C=O) groups is 2. The fraction of sp³-hybridized carbons (Fsp3) is 0.529. The van der Waals surface area contributed by atoms with Gasteiger partial charge in [-0.05, 0) is 43.4 Å². The van der Waals surface area contributed by atoms with Crippen LogP contribution in [0.25, 0.3) is 0 Å². The van der Waals surface area contributed by atoms with E-state index in [1.54, 1.807) is 0 Å². The van der Waals surface area contributed by atoms with E-state index in [2.05, 4.69) is 10.6 Å². The van der Waals surface area contributed by atoms with Crippen molar-refractivity contribution in [1.29, 1.82) is 0 Å². The Morgan fingerprint density at radius 1 is 1.24 bits per heavy atom. The zero-order valence-corrected chi connectivity index (χ0v) is 13.7. The van der Waals surface area contributed by atoms with Crippen molar-refractivity contribution in [3.8, 4) is 0 Å². The van der Waals surface area contributed by atoms with Gasteiger partial charge in [0.15, 0.2) is 0 Å². The van der Waals surface area contributed by atoms with E-state index in [-0.39, 0.29) is 18.9 Å². The van der Waals surface area contributed by atoms with Gasteiger partial charge >= 0.3 is 6.18 Å². The molecule has 0 saturated carbocycles. The molecule has 5 nitrogen and oxygen atoms in total. The number of piperidine rings is 1. The summed E-state index contributed by atoms with van der Waals surface area (Å²) in [5.74, 6) is -2.46. The number of hydrogen-bond donors (Lipinski definition) is 3. The third kappa shape index (κ3) is 3.72. The topological polar surface area (TPSA) is 70.2 Å². The molecule has 0 bridgehead atoms. The Bertz CT molecular complexity index is 690. The van der Waals surface area contributed by atoms with Crippen LogP contribution in [0, 0.1) is 12.8 Å². The van der Waals surface area contributed by atoms with E-state index in [4.69, 9.17) is 0 Å². The highest BCUT2D eigenvalue weighted by molar-refractivity contribution is 6.01. The molecular weight excluding hydrogens is 335 g/mol. The van der Waals surface area contributed by atoms with E-state index in [1.807, 2.05) is 30.4 Å². The van der Waals surface area contributed by atoms with Crippen LogP contribution in [-0.2, 0) is 9.59 Å². The van der Waals surface area contributed by atoms with Gasteiger partial charge in [0.05, 0.1) is 6.04 Å². The first-order valence-corrected chi connectivity index (χ1v) is 8.27. The Hall–Kier alpha value is -2.25. The lowest BCUT2D eigenvalue weighted by Gasteiger charge is -2.32. The lowest BCUT2D eigenvalue weighted by molar-refractivity contribution is -0.171. The summed E-state index contributed by atoms with van der Waals surface area (Å²) in [7, 11) is 0. The van der Waals surface area contributed by atoms with Crippen molar-refractivity contribution in [2.45, 2.75) is 44.4 Å². The van der Waals surface area contributed by atoms with Gasteiger partial charge in [-0.25, -0.2) is 0 Å². The molecule has 2 aliphatic heterocycles. The molecule has 0 spiro atoms. The molecule has 1 aromatic rings. The number of carbonyl (C=O) groups excluding carboxylic acids is 2. The molecule has 0 radical (unpaired) electrons. The van der Waals surface area contributed by atoms with Gasteiger partial charge in [0.25, 0.3) is 0 Å². The van der Waals surface area contributed by atoms with Gasteiger partial charge < -0.3 is 16.0 Å². The number of hydrogen-bond acceptors (Lipinski definition) is 3. The van der Waals surface area contributed by atoms with Gasteiger partial charge in [-0.15, -0.1) is 0 Å². The van der Waals surface area contributed by atoms with Crippen LogP contribution in [0.4, 0.5) is 18.9 Å². The normalized spacial score (nSPS) is 26.2. The van der Waals surface area contributed by atoms with Crippen molar-refractivity contribution < 1.29 is 22.8 Å². The molecule has 3 unspecified atom stereocenters. The monoisotopic (exact) mass is 355 g/mol. The summed E-state index contributed by atoms with van der Waals surface area (Å²) in [6.07, 6.45) is -4.22. The Kier molecular flexibility index (Phi) is 4.62. The van der Waals surface area contributed by atoms with Gasteiger partial charge in [0.1, 0.15) is 12.0 Å². The van der Waals surface area contributed by atoms with Crippen LogP contribution in [0.3, 0.4) is 0 Å². The molecule has 3 N–H and O–H groups in total. The molecule has 3 rings (SSSR count). The number of rotatable bonds is 2. The number of amides is 2. The number of alkyl halides is 3. The first kappa shape index (κ1) is 17.6. The number of halogens is 3. The highest BCUT2D eigenvalue weighted by Crippen LogP contribution is 2.32. The van der Waals surface area contributed by atoms with Crippen molar-refractivity contribution in [2.75, 3.05) is 11.9 Å². The maximum absolute atomic E-state index is 12.7. The minimum atomic E-state index is -4.48. The standard InChI is InChI=1S/C17H20F3N3O2/c1-9-2-3-10-12(6-7-21-13(10)8-9)22-15(24)11-4-5-14(17(18,19)20)23-16(11)25/h2-3,8,11-12,14,21H,4-7H2,1H3,(H,22,24)(H,23,25). The van der Waals surface area contributed by atoms with Gasteiger partial charge in [-0.2, -0.15) is 13.2 Å². The summed E-state index contributed by atoms with van der Waals surface area (Å²) < 4.78 is 38.1. The first-order valence-electron chi connectivity index (χ1n) is 8.27. The summed E-state index contributed by atoms with van der Waals surface area (Å²) in [6.45, 7) is 2.64. The van der Waals surface area contributed by atoms with E-state index < -0.39 is 30.0 Å². The third-order valence-electron chi connectivity index (χ3n) is 4.74. The van der Waals surface area contributed by atoms with Crippen LogP contribution in [0.5, 0.6) is 0 Å². The average molecular weight is 355 g/mol. The molecule has 136 valence electrons. The fourth-order valence-corrected chi connectivity index (χ4v) is 3.36. The predicted octanol–water partition coefficient (Wildman–Crippen LogP) is 2.43. The zero-order valence-electron chi connectivity index (χ0n) is 13.7. The van der Waals surface area contributed by atoms with Crippen LogP contribution >= 0.6 is 0 Å². The second kappa shape index (κ2) is 6.57. The minimum absolute atomic E-state index is 0.104. The Morgan fingerprint density at radius 2 is 2.00 bits per heavy atom. The number of nitrogens with one attached hydrogen (secondary N) is 3. The quantitative estimate of drug-likeness (QED) is 0.714. The van der Waals surface area contributed by atoms with Gasteiger partial charge in [-0.1, -0.05) is 12.1 Å². The van der Waals surface area contributed by atoms with E-state index in [9.17, 15) is 22.8 Å². The zero-order chi connectivity index (χ0) is 18.2. The van der Waals surface area contributed by atoms with Gasteiger partial charge in [-0.3, -0.25) is 9.59 Å². The van der Waals surface area contributed by atoms with Crippen molar-refractivity contribution in [3.05, 3.63) is 29.3 Å². The fourth-order valence-electron chi connectivity index (χ4n) is 3.36. The van der Waals surface area contributed by atoms with Gasteiger partial charge in [0.2, 0.25) is 11.8 Å². The number of fused-ring (bicyclic) bond motifs is 1. The van der Waals surface area contributed by atoms with Crippen LogP contribution in [0.2, 0.25) is 0 Å². The molecule has 2 heterocycles. The first-order chi connectivity index (χ1) is 11.8. The Labute approximate surface area is 143 Å². The molecule has 25 heavy (non-hydrogen) atoms. The van der Waals surface area contributed by atoms with Crippen LogP contribution in [0.15, 0.2) is 18.2 Å². The largest absolute Gasteiger partial charge is 0.408 e. The molecule has 2 amide bonds. The average Bonchev–Trinajstić information content (AvgIpc) is 2.53.